The Kier molecular flexibility index (Phi) is 5.89. The van der Waals surface area contributed by atoms with E-state index in [0.717, 1.165) is 18.4 Å². The van der Waals surface area contributed by atoms with E-state index in [1.54, 1.807) is 30.3 Å². The van der Waals surface area contributed by atoms with E-state index < -0.39 is 4.92 Å². The molecule has 0 unspecified atom stereocenters. The molecular weight excluding hydrogens is 308 g/mol. The van der Waals surface area contributed by atoms with Gasteiger partial charge < -0.3 is 10.1 Å². The van der Waals surface area contributed by atoms with Crippen LogP contribution in [0.5, 0.6) is 5.75 Å². The van der Waals surface area contributed by atoms with Gasteiger partial charge in [0.15, 0.2) is 5.75 Å². The molecule has 0 aliphatic rings. The third-order valence-electron chi connectivity index (χ3n) is 3.55. The molecule has 0 saturated heterocycles. The molecule has 6 nitrogen and oxygen atoms in total. The highest BCUT2D eigenvalue weighted by molar-refractivity contribution is 5.79. The second kappa shape index (κ2) is 8.10. The van der Waals surface area contributed by atoms with Crippen LogP contribution in [0.1, 0.15) is 31.7 Å². The molecule has 0 heterocycles. The highest BCUT2D eigenvalue weighted by Gasteiger charge is 2.16. The number of nitrogens with zero attached hydrogens (tertiary/aromatic N) is 1. The summed E-state index contributed by atoms with van der Waals surface area (Å²) in [6.45, 7) is 3.85. The molecule has 2 aromatic rings. The number of carbonyl (C=O) groups excluding carboxylic acids is 1. The fourth-order valence-electron chi connectivity index (χ4n) is 2.25. The summed E-state index contributed by atoms with van der Waals surface area (Å²) in [6, 6.07) is 11.7. The summed E-state index contributed by atoms with van der Waals surface area (Å²) in [5.41, 5.74) is 1.69. The fraction of sp³-hybridized carbons (Fsp3) is 0.278. The van der Waals surface area contributed by atoms with Crippen molar-refractivity contribution in [1.29, 1.82) is 0 Å². The van der Waals surface area contributed by atoms with Crippen LogP contribution in [0.4, 0.5) is 17.1 Å². The lowest BCUT2D eigenvalue weighted by atomic mass is 10.1. The van der Waals surface area contributed by atoms with Crippen molar-refractivity contribution in [3.63, 3.8) is 0 Å². The first-order chi connectivity index (χ1) is 11.5. The molecule has 0 fully saturated rings. The fourth-order valence-corrected chi connectivity index (χ4v) is 2.25. The van der Waals surface area contributed by atoms with Gasteiger partial charge in [-0.15, -0.1) is 0 Å². The minimum Gasteiger partial charge on any atom is -0.424 e. The minimum absolute atomic E-state index is 0.0380. The Balaban J connectivity index is 2.30. The Morgan fingerprint density at radius 2 is 1.96 bits per heavy atom. The van der Waals surface area contributed by atoms with E-state index in [1.807, 2.05) is 19.9 Å². The Labute approximate surface area is 140 Å². The lowest BCUT2D eigenvalue weighted by molar-refractivity contribution is -0.383. The van der Waals surface area contributed by atoms with E-state index in [2.05, 4.69) is 5.32 Å². The molecule has 0 aliphatic carbocycles. The van der Waals surface area contributed by atoms with E-state index in [1.165, 1.54) is 6.07 Å². The van der Waals surface area contributed by atoms with Gasteiger partial charge in [0, 0.05) is 12.5 Å². The lowest BCUT2D eigenvalue weighted by Crippen LogP contribution is -2.09. The molecular formula is C18H20N2O4. The molecule has 0 amide bonds. The lowest BCUT2D eigenvalue weighted by Gasteiger charge is -2.14. The largest absolute Gasteiger partial charge is 0.424 e. The Bertz CT molecular complexity index is 744. The van der Waals surface area contributed by atoms with Crippen LogP contribution in [0.2, 0.25) is 0 Å². The Hall–Kier alpha value is -2.89. The summed E-state index contributed by atoms with van der Waals surface area (Å²) < 4.78 is 5.43. The molecule has 0 aliphatic heterocycles. The first-order valence-electron chi connectivity index (χ1n) is 7.83. The molecule has 0 saturated carbocycles. The maximum Gasteiger partial charge on any atom is 0.311 e. The van der Waals surface area contributed by atoms with E-state index in [9.17, 15) is 14.9 Å². The maximum absolute atomic E-state index is 11.9. The number of carbonyl (C=O) groups is 1. The van der Waals surface area contributed by atoms with Gasteiger partial charge in [-0.05, 0) is 31.0 Å². The highest BCUT2D eigenvalue weighted by Crippen LogP contribution is 2.34. The zero-order valence-corrected chi connectivity index (χ0v) is 13.7. The summed E-state index contributed by atoms with van der Waals surface area (Å²) >= 11 is 0. The smallest absolute Gasteiger partial charge is 0.311 e. The van der Waals surface area contributed by atoms with Crippen molar-refractivity contribution in [3.05, 3.63) is 58.1 Å². The Morgan fingerprint density at radius 1 is 1.21 bits per heavy atom. The number of nitro benzene ring substituents is 1. The van der Waals surface area contributed by atoms with Crippen LogP contribution in [-0.2, 0) is 4.79 Å². The Morgan fingerprint density at radius 3 is 2.67 bits per heavy atom. The van der Waals surface area contributed by atoms with Crippen LogP contribution in [0.25, 0.3) is 0 Å². The third kappa shape index (κ3) is 4.32. The van der Waals surface area contributed by atoms with Crippen molar-refractivity contribution < 1.29 is 14.5 Å². The molecule has 0 atom stereocenters. The van der Waals surface area contributed by atoms with Crippen LogP contribution in [0, 0.1) is 17.0 Å². The SMILES string of the molecule is CCCCC(=O)Oc1cccc(C)c1Nc1ccccc1[N+](=O)[O-]. The minimum atomic E-state index is -0.451. The number of unbranched alkanes of at least 4 members (excludes halogenated alkanes) is 1. The molecule has 0 radical (unpaired) electrons. The van der Waals surface area contributed by atoms with Crippen molar-refractivity contribution in [2.75, 3.05) is 5.32 Å². The van der Waals surface area contributed by atoms with Gasteiger partial charge in [0.1, 0.15) is 5.69 Å². The second-order valence-corrected chi connectivity index (χ2v) is 5.42. The van der Waals surface area contributed by atoms with Gasteiger partial charge in [0.05, 0.1) is 10.6 Å². The van der Waals surface area contributed by atoms with Crippen LogP contribution < -0.4 is 10.1 Å². The highest BCUT2D eigenvalue weighted by atomic mass is 16.6. The number of benzene rings is 2. The van der Waals surface area contributed by atoms with Gasteiger partial charge in [0.25, 0.3) is 5.69 Å². The van der Waals surface area contributed by atoms with Crippen LogP contribution >= 0.6 is 0 Å². The van der Waals surface area contributed by atoms with Gasteiger partial charge >= 0.3 is 5.97 Å². The molecule has 2 aromatic carbocycles. The molecule has 0 spiro atoms. The number of aryl methyl sites for hydroxylation is 1. The van der Waals surface area contributed by atoms with Crippen LogP contribution in [0.15, 0.2) is 42.5 Å². The summed E-state index contributed by atoms with van der Waals surface area (Å²) in [7, 11) is 0. The molecule has 0 bridgehead atoms. The molecule has 2 rings (SSSR count). The van der Waals surface area contributed by atoms with Crippen molar-refractivity contribution >= 4 is 23.0 Å². The number of hydrogen-bond donors (Lipinski definition) is 1. The van der Waals surface area contributed by atoms with E-state index >= 15 is 0 Å². The number of hydrogen-bond acceptors (Lipinski definition) is 5. The van der Waals surface area contributed by atoms with Crippen LogP contribution in [0.3, 0.4) is 0 Å². The van der Waals surface area contributed by atoms with Crippen molar-refractivity contribution in [3.8, 4) is 5.75 Å². The zero-order valence-electron chi connectivity index (χ0n) is 13.7. The number of nitro groups is 1. The summed E-state index contributed by atoms with van der Waals surface area (Å²) in [6.07, 6.45) is 2.01. The monoisotopic (exact) mass is 328 g/mol. The summed E-state index contributed by atoms with van der Waals surface area (Å²) in [5.74, 6) is 0.0577. The predicted octanol–water partition coefficient (Wildman–Crippen LogP) is 4.74. The van der Waals surface area contributed by atoms with Gasteiger partial charge in [-0.1, -0.05) is 37.6 Å². The second-order valence-electron chi connectivity index (χ2n) is 5.42. The number of nitrogens with one attached hydrogen (secondary N) is 1. The molecule has 24 heavy (non-hydrogen) atoms. The predicted molar refractivity (Wildman–Crippen MR) is 92.7 cm³/mol. The summed E-state index contributed by atoms with van der Waals surface area (Å²) in [5, 5.41) is 14.2. The number of rotatable bonds is 7. The van der Waals surface area contributed by atoms with Crippen molar-refractivity contribution in [2.45, 2.75) is 33.1 Å². The average Bonchev–Trinajstić information content (AvgIpc) is 2.56. The molecule has 0 aromatic heterocycles. The van der Waals surface area contributed by atoms with Gasteiger partial charge in [-0.3, -0.25) is 14.9 Å². The molecule has 126 valence electrons. The van der Waals surface area contributed by atoms with E-state index in [0.29, 0.717) is 23.5 Å². The van der Waals surface area contributed by atoms with Crippen molar-refractivity contribution in [2.24, 2.45) is 0 Å². The van der Waals surface area contributed by atoms with Gasteiger partial charge in [0.2, 0.25) is 0 Å². The van der Waals surface area contributed by atoms with Crippen molar-refractivity contribution in [1.82, 2.24) is 0 Å². The molecule has 1 N–H and O–H groups in total. The first kappa shape index (κ1) is 17.5. The normalized spacial score (nSPS) is 10.2. The van der Waals surface area contributed by atoms with Gasteiger partial charge in [-0.25, -0.2) is 0 Å². The number of esters is 1. The zero-order chi connectivity index (χ0) is 17.5. The summed E-state index contributed by atoms with van der Waals surface area (Å²) in [4.78, 5) is 22.6. The maximum atomic E-state index is 11.9. The molecule has 6 heteroatoms. The first-order valence-corrected chi connectivity index (χ1v) is 7.83. The van der Waals surface area contributed by atoms with E-state index in [4.69, 9.17) is 4.74 Å². The number of para-hydroxylation sites is 3. The van der Waals surface area contributed by atoms with Crippen LogP contribution in [-0.4, -0.2) is 10.9 Å². The average molecular weight is 328 g/mol. The number of ether oxygens (including phenoxy) is 1. The van der Waals surface area contributed by atoms with Gasteiger partial charge in [-0.2, -0.15) is 0 Å². The standard InChI is InChI=1S/C18H20N2O4/c1-3-4-12-17(21)24-16-11-7-8-13(2)18(16)19-14-9-5-6-10-15(14)20(22)23/h5-11,19H,3-4,12H2,1-2H3. The quantitative estimate of drug-likeness (QED) is 0.343. The van der Waals surface area contributed by atoms with E-state index in [-0.39, 0.29) is 11.7 Å². The topological polar surface area (TPSA) is 81.5 Å². The number of anilines is 2. The third-order valence-corrected chi connectivity index (χ3v) is 3.55.